The number of rotatable bonds is 5. The van der Waals surface area contributed by atoms with Gasteiger partial charge in [-0.25, -0.2) is 8.42 Å². The molecule has 0 aromatic carbocycles. The van der Waals surface area contributed by atoms with Crippen LogP contribution in [0.5, 0.6) is 0 Å². The molecule has 0 atom stereocenters. The number of nitrogens with zero attached hydrogens (tertiary/aromatic N) is 2. The van der Waals surface area contributed by atoms with Gasteiger partial charge in [-0.15, -0.1) is 0 Å². The summed E-state index contributed by atoms with van der Waals surface area (Å²) < 4.78 is 23.4. The molecule has 0 aromatic heterocycles. The van der Waals surface area contributed by atoms with E-state index < -0.39 is 9.84 Å². The summed E-state index contributed by atoms with van der Waals surface area (Å²) in [7, 11) is -2.93. The lowest BCUT2D eigenvalue weighted by molar-refractivity contribution is 0.374. The van der Waals surface area contributed by atoms with Crippen LogP contribution in [0.1, 0.15) is 33.6 Å². The van der Waals surface area contributed by atoms with Crippen LogP contribution in [0.4, 0.5) is 0 Å². The molecule has 2 fully saturated rings. The monoisotopic (exact) mass is 347 g/mol. The highest BCUT2D eigenvalue weighted by atomic mass is 32.2. The summed E-state index contributed by atoms with van der Waals surface area (Å²) in [5, 5.41) is 3.37. The first kappa shape index (κ1) is 17.9. The lowest BCUT2D eigenvalue weighted by Gasteiger charge is -2.39. The van der Waals surface area contributed by atoms with Crippen LogP contribution < -0.4 is 5.32 Å². The molecular weight excluding hydrogens is 318 g/mol. The molecule has 0 radical (unpaired) electrons. The van der Waals surface area contributed by atoms with Crippen molar-refractivity contribution in [2.45, 2.75) is 38.4 Å². The van der Waals surface area contributed by atoms with E-state index in [2.05, 4.69) is 31.0 Å². The van der Waals surface area contributed by atoms with E-state index in [9.17, 15) is 8.42 Å². The molecule has 1 aliphatic carbocycles. The maximum atomic E-state index is 11.6. The number of thioether (sulfide) groups is 1. The summed E-state index contributed by atoms with van der Waals surface area (Å²) in [4.78, 5) is 7.09. The quantitative estimate of drug-likeness (QED) is 0.605. The molecule has 0 unspecified atom stereocenters. The van der Waals surface area contributed by atoms with Gasteiger partial charge in [0.1, 0.15) is 9.84 Å². The molecular formula is C15H29N3O2S2. The van der Waals surface area contributed by atoms with E-state index in [1.807, 2.05) is 11.8 Å². The molecule has 1 N–H and O–H groups in total. The van der Waals surface area contributed by atoms with Crippen molar-refractivity contribution in [3.05, 3.63) is 0 Å². The second-order valence-corrected chi connectivity index (χ2v) is 11.2. The second-order valence-electron chi connectivity index (χ2n) is 7.27. The standard InChI is InChI=1S/C15H29N3O2S2/c1-5-16-13(18-8-9-21-14(2,3)11-18)17-10-15(6-7-15)12-22(4,19)20/h5-12H2,1-4H3,(H,16,17). The molecule has 0 aromatic rings. The smallest absolute Gasteiger partial charge is 0.194 e. The van der Waals surface area contributed by atoms with Gasteiger partial charge >= 0.3 is 0 Å². The summed E-state index contributed by atoms with van der Waals surface area (Å²) in [6, 6.07) is 0. The van der Waals surface area contributed by atoms with Crippen molar-refractivity contribution in [3.63, 3.8) is 0 Å². The van der Waals surface area contributed by atoms with Crippen molar-refractivity contribution in [2.75, 3.05) is 43.9 Å². The number of guanidine groups is 1. The van der Waals surface area contributed by atoms with Gasteiger partial charge in [0.15, 0.2) is 5.96 Å². The predicted molar refractivity (Wildman–Crippen MR) is 95.5 cm³/mol. The van der Waals surface area contributed by atoms with Crippen molar-refractivity contribution in [1.29, 1.82) is 0 Å². The third-order valence-corrected chi connectivity index (χ3v) is 6.58. The average molecular weight is 348 g/mol. The van der Waals surface area contributed by atoms with Crippen LogP contribution in [0, 0.1) is 5.41 Å². The molecule has 1 saturated carbocycles. The highest BCUT2D eigenvalue weighted by molar-refractivity contribution is 8.00. The van der Waals surface area contributed by atoms with E-state index in [1.165, 1.54) is 6.26 Å². The molecule has 2 rings (SSSR count). The molecule has 1 saturated heterocycles. The Balaban J connectivity index is 2.04. The minimum absolute atomic E-state index is 0.103. The predicted octanol–water partition coefficient (Wildman–Crippen LogP) is 1.60. The van der Waals surface area contributed by atoms with Gasteiger partial charge in [0, 0.05) is 48.3 Å². The fraction of sp³-hybridized carbons (Fsp3) is 0.933. The maximum absolute atomic E-state index is 11.6. The topological polar surface area (TPSA) is 61.8 Å². The maximum Gasteiger partial charge on any atom is 0.194 e. The first-order valence-corrected chi connectivity index (χ1v) is 11.0. The lowest BCUT2D eigenvalue weighted by atomic mass is 10.1. The Kier molecular flexibility index (Phi) is 5.37. The molecule has 7 heteroatoms. The van der Waals surface area contributed by atoms with Crippen LogP contribution in [0.15, 0.2) is 4.99 Å². The Labute approximate surface area is 139 Å². The number of nitrogens with one attached hydrogen (secondary N) is 1. The van der Waals surface area contributed by atoms with Crippen LogP contribution in [0.2, 0.25) is 0 Å². The molecule has 22 heavy (non-hydrogen) atoms. The van der Waals surface area contributed by atoms with Gasteiger partial charge in [-0.3, -0.25) is 4.99 Å². The zero-order chi connectivity index (χ0) is 16.4. The van der Waals surface area contributed by atoms with E-state index in [1.54, 1.807) is 0 Å². The van der Waals surface area contributed by atoms with Crippen LogP contribution in [0.3, 0.4) is 0 Å². The van der Waals surface area contributed by atoms with Crippen LogP contribution in [-0.4, -0.2) is 68.0 Å². The largest absolute Gasteiger partial charge is 0.357 e. The van der Waals surface area contributed by atoms with E-state index in [-0.39, 0.29) is 15.9 Å². The summed E-state index contributed by atoms with van der Waals surface area (Å²) in [6.45, 7) is 10.0. The SMILES string of the molecule is CCNC(=NCC1(CS(C)(=O)=O)CC1)N1CCSC(C)(C)C1. The summed E-state index contributed by atoms with van der Waals surface area (Å²) >= 11 is 2.00. The third-order valence-electron chi connectivity index (χ3n) is 4.15. The first-order valence-electron chi connectivity index (χ1n) is 8.00. The zero-order valence-electron chi connectivity index (χ0n) is 14.2. The van der Waals surface area contributed by atoms with Crippen LogP contribution in [0.25, 0.3) is 0 Å². The molecule has 5 nitrogen and oxygen atoms in total. The molecule has 0 spiro atoms. The normalized spacial score (nSPS) is 24.2. The molecule has 1 aliphatic heterocycles. The minimum Gasteiger partial charge on any atom is -0.357 e. The highest BCUT2D eigenvalue weighted by Crippen LogP contribution is 2.47. The molecule has 2 aliphatic rings. The Hall–Kier alpha value is -0.430. The van der Waals surface area contributed by atoms with Gasteiger partial charge in [0.25, 0.3) is 0 Å². The van der Waals surface area contributed by atoms with Crippen LogP contribution >= 0.6 is 11.8 Å². The van der Waals surface area contributed by atoms with Gasteiger partial charge in [0.2, 0.25) is 0 Å². The molecule has 128 valence electrons. The van der Waals surface area contributed by atoms with Crippen molar-refractivity contribution in [2.24, 2.45) is 10.4 Å². The van der Waals surface area contributed by atoms with E-state index in [0.717, 1.165) is 44.2 Å². The van der Waals surface area contributed by atoms with Crippen molar-refractivity contribution in [3.8, 4) is 0 Å². The first-order chi connectivity index (χ1) is 10.1. The third kappa shape index (κ3) is 5.33. The van der Waals surface area contributed by atoms with Crippen molar-refractivity contribution < 1.29 is 8.42 Å². The minimum atomic E-state index is -2.93. The summed E-state index contributed by atoms with van der Waals surface area (Å²) in [5.41, 5.74) is -0.103. The number of hydrogen-bond donors (Lipinski definition) is 1. The lowest BCUT2D eigenvalue weighted by Crippen LogP contribution is -2.51. The Morgan fingerprint density at radius 2 is 2.05 bits per heavy atom. The second kappa shape index (κ2) is 6.59. The van der Waals surface area contributed by atoms with E-state index in [0.29, 0.717) is 6.54 Å². The zero-order valence-corrected chi connectivity index (χ0v) is 15.8. The van der Waals surface area contributed by atoms with E-state index >= 15 is 0 Å². The molecule has 0 bridgehead atoms. The Bertz CT molecular complexity index is 525. The van der Waals surface area contributed by atoms with Crippen molar-refractivity contribution in [1.82, 2.24) is 10.2 Å². The Morgan fingerprint density at radius 1 is 1.36 bits per heavy atom. The van der Waals surface area contributed by atoms with Gasteiger partial charge in [0.05, 0.1) is 5.75 Å². The number of aliphatic imine (C=N–C) groups is 1. The van der Waals surface area contributed by atoms with Crippen molar-refractivity contribution >= 4 is 27.6 Å². The van der Waals surface area contributed by atoms with E-state index in [4.69, 9.17) is 4.99 Å². The fourth-order valence-corrected chi connectivity index (χ4v) is 5.55. The summed E-state index contributed by atoms with van der Waals surface area (Å²) in [5.74, 6) is 2.31. The molecule has 0 amide bonds. The van der Waals surface area contributed by atoms with Gasteiger partial charge in [-0.2, -0.15) is 11.8 Å². The van der Waals surface area contributed by atoms with Gasteiger partial charge in [-0.05, 0) is 33.6 Å². The van der Waals surface area contributed by atoms with Crippen LogP contribution in [-0.2, 0) is 9.84 Å². The molecule has 1 heterocycles. The van der Waals surface area contributed by atoms with Gasteiger partial charge in [-0.1, -0.05) is 0 Å². The Morgan fingerprint density at radius 3 is 2.55 bits per heavy atom. The number of hydrogen-bond acceptors (Lipinski definition) is 4. The average Bonchev–Trinajstić information content (AvgIpc) is 3.11. The summed E-state index contributed by atoms with van der Waals surface area (Å²) in [6.07, 6.45) is 3.28. The fourth-order valence-electron chi connectivity index (χ4n) is 2.95. The number of sulfone groups is 1. The van der Waals surface area contributed by atoms with Gasteiger partial charge < -0.3 is 10.2 Å². The highest BCUT2D eigenvalue weighted by Gasteiger charge is 2.45.